The minimum Gasteiger partial charge on any atom is -0.310 e. The van der Waals surface area contributed by atoms with Crippen molar-refractivity contribution in [3.63, 3.8) is 0 Å². The molecule has 0 aliphatic carbocycles. The van der Waals surface area contributed by atoms with E-state index in [0.29, 0.717) is 0 Å². The van der Waals surface area contributed by atoms with Crippen LogP contribution >= 0.6 is 0 Å². The molecule has 0 aliphatic heterocycles. The van der Waals surface area contributed by atoms with Gasteiger partial charge in [-0.15, -0.1) is 0 Å². The zero-order chi connectivity index (χ0) is 40.7. The maximum atomic E-state index is 5.21. The third-order valence-electron chi connectivity index (χ3n) is 11.8. The van der Waals surface area contributed by atoms with E-state index in [1.54, 1.807) is 0 Å². The van der Waals surface area contributed by atoms with E-state index in [0.717, 1.165) is 62.2 Å². The van der Waals surface area contributed by atoms with Gasteiger partial charge in [0.05, 0.1) is 22.4 Å². The van der Waals surface area contributed by atoms with Crippen molar-refractivity contribution in [3.8, 4) is 50.7 Å². The van der Waals surface area contributed by atoms with E-state index in [1.807, 2.05) is 0 Å². The van der Waals surface area contributed by atoms with Crippen molar-refractivity contribution in [1.82, 2.24) is 14.5 Å². The lowest BCUT2D eigenvalue weighted by molar-refractivity contribution is 1.16. The smallest absolute Gasteiger partial charge is 0.160 e. The molecular formula is C56H44N4. The summed E-state index contributed by atoms with van der Waals surface area (Å²) < 4.78 is 2.39. The lowest BCUT2D eigenvalue weighted by Gasteiger charge is -2.25. The summed E-state index contributed by atoms with van der Waals surface area (Å²) in [5.74, 6) is 0.742. The molecule has 0 aliphatic rings. The molecule has 0 amide bonds. The van der Waals surface area contributed by atoms with Crippen molar-refractivity contribution >= 4 is 38.9 Å². The van der Waals surface area contributed by atoms with Gasteiger partial charge in [-0.2, -0.15) is 0 Å². The average molecular weight is 773 g/mol. The number of hydrogen-bond acceptors (Lipinski definition) is 3. The zero-order valence-corrected chi connectivity index (χ0v) is 34.3. The van der Waals surface area contributed by atoms with E-state index < -0.39 is 0 Å². The highest BCUT2D eigenvalue weighted by Gasteiger charge is 2.19. The molecule has 0 spiro atoms. The van der Waals surface area contributed by atoms with Crippen molar-refractivity contribution < 1.29 is 0 Å². The molecule has 0 N–H and O–H groups in total. The summed E-state index contributed by atoms with van der Waals surface area (Å²) in [7, 11) is 0. The first-order chi connectivity index (χ1) is 29.4. The molecule has 0 saturated heterocycles. The summed E-state index contributed by atoms with van der Waals surface area (Å²) in [4.78, 5) is 12.7. The Kier molecular flexibility index (Phi) is 9.38. The molecule has 10 rings (SSSR count). The van der Waals surface area contributed by atoms with E-state index in [1.165, 1.54) is 49.6 Å². The highest BCUT2D eigenvalue weighted by molar-refractivity contribution is 6.10. The Labute approximate surface area is 351 Å². The van der Waals surface area contributed by atoms with Crippen LogP contribution < -0.4 is 4.90 Å². The fourth-order valence-electron chi connectivity index (χ4n) is 8.70. The van der Waals surface area contributed by atoms with E-state index in [2.05, 4.69) is 231 Å². The molecule has 288 valence electrons. The van der Waals surface area contributed by atoms with Gasteiger partial charge in [0.1, 0.15) is 0 Å². The van der Waals surface area contributed by atoms with Gasteiger partial charge in [-0.1, -0.05) is 121 Å². The monoisotopic (exact) mass is 772 g/mol. The second kappa shape index (κ2) is 15.3. The second-order valence-corrected chi connectivity index (χ2v) is 15.7. The quantitative estimate of drug-likeness (QED) is 0.154. The van der Waals surface area contributed by atoms with Crippen LogP contribution in [-0.2, 0) is 0 Å². The lowest BCUT2D eigenvalue weighted by atomic mass is 9.93. The molecule has 0 radical (unpaired) electrons. The Bertz CT molecular complexity index is 3080. The highest BCUT2D eigenvalue weighted by atomic mass is 15.1. The van der Waals surface area contributed by atoms with Gasteiger partial charge in [0.15, 0.2) is 5.82 Å². The topological polar surface area (TPSA) is 34.0 Å². The average Bonchev–Trinajstić information content (AvgIpc) is 3.62. The molecule has 10 aromatic rings. The number of rotatable bonds is 8. The first-order valence-corrected chi connectivity index (χ1v) is 20.6. The molecule has 4 heteroatoms. The third-order valence-corrected chi connectivity index (χ3v) is 11.8. The Hall–Kier alpha value is -7.56. The van der Waals surface area contributed by atoms with Crippen LogP contribution in [0.25, 0.3) is 72.5 Å². The van der Waals surface area contributed by atoms with Gasteiger partial charge < -0.3 is 9.47 Å². The molecular weight excluding hydrogens is 729 g/mol. The number of para-hydroxylation sites is 3. The number of anilines is 3. The number of hydrogen-bond donors (Lipinski definition) is 0. The SMILES string of the molecule is Cc1cc(-c2cc(-c3ccccc3C)nc(-c3ccccc3C)n2)c(C)cc1-c1ccc(-n2c3ccccc3c3cc(N(c4ccccc4)c4ccccc4)ccc32)cc1. The first kappa shape index (κ1) is 36.8. The fourth-order valence-corrected chi connectivity index (χ4v) is 8.70. The first-order valence-electron chi connectivity index (χ1n) is 20.6. The number of fused-ring (bicyclic) bond motifs is 3. The molecule has 0 bridgehead atoms. The van der Waals surface area contributed by atoms with Gasteiger partial charge in [0, 0.05) is 50.2 Å². The molecule has 0 atom stereocenters. The van der Waals surface area contributed by atoms with Crippen LogP contribution in [0.4, 0.5) is 17.1 Å². The molecule has 2 heterocycles. The second-order valence-electron chi connectivity index (χ2n) is 15.7. The summed E-state index contributed by atoms with van der Waals surface area (Å²) in [6, 6.07) is 69.4. The lowest BCUT2D eigenvalue weighted by Crippen LogP contribution is -2.09. The summed E-state index contributed by atoms with van der Waals surface area (Å²) in [5, 5.41) is 2.44. The molecule has 8 aromatic carbocycles. The van der Waals surface area contributed by atoms with Crippen LogP contribution in [0.3, 0.4) is 0 Å². The molecule has 4 nitrogen and oxygen atoms in total. The number of aromatic nitrogens is 3. The molecule has 0 fully saturated rings. The van der Waals surface area contributed by atoms with Gasteiger partial charge in [0.25, 0.3) is 0 Å². The molecule has 60 heavy (non-hydrogen) atoms. The van der Waals surface area contributed by atoms with Gasteiger partial charge in [-0.3, -0.25) is 0 Å². The third kappa shape index (κ3) is 6.62. The van der Waals surface area contributed by atoms with Crippen molar-refractivity contribution in [2.24, 2.45) is 0 Å². The van der Waals surface area contributed by atoms with Crippen molar-refractivity contribution in [2.75, 3.05) is 4.90 Å². The Morgan fingerprint density at radius 1 is 0.367 bits per heavy atom. The van der Waals surface area contributed by atoms with E-state index in [9.17, 15) is 0 Å². The highest BCUT2D eigenvalue weighted by Crippen LogP contribution is 2.40. The fraction of sp³-hybridized carbons (Fsp3) is 0.0714. The summed E-state index contributed by atoms with van der Waals surface area (Å²) >= 11 is 0. The van der Waals surface area contributed by atoms with Crippen LogP contribution in [-0.4, -0.2) is 14.5 Å². The molecule has 2 aromatic heterocycles. The maximum absolute atomic E-state index is 5.21. The predicted octanol–water partition coefficient (Wildman–Crippen LogP) is 14.9. The predicted molar refractivity (Wildman–Crippen MR) is 252 cm³/mol. The van der Waals surface area contributed by atoms with Crippen molar-refractivity contribution in [2.45, 2.75) is 27.7 Å². The molecule has 0 saturated carbocycles. The van der Waals surface area contributed by atoms with Crippen LogP contribution in [0.5, 0.6) is 0 Å². The van der Waals surface area contributed by atoms with Crippen LogP contribution in [0, 0.1) is 27.7 Å². The van der Waals surface area contributed by atoms with Crippen LogP contribution in [0.1, 0.15) is 22.3 Å². The number of aryl methyl sites for hydroxylation is 4. The van der Waals surface area contributed by atoms with E-state index in [-0.39, 0.29) is 0 Å². The Balaban J connectivity index is 1.03. The van der Waals surface area contributed by atoms with Gasteiger partial charge in [0.2, 0.25) is 0 Å². The molecule has 0 unspecified atom stereocenters. The summed E-state index contributed by atoms with van der Waals surface area (Å²) in [6.45, 7) is 8.66. The van der Waals surface area contributed by atoms with E-state index >= 15 is 0 Å². The van der Waals surface area contributed by atoms with Gasteiger partial charge in [-0.05, 0) is 134 Å². The van der Waals surface area contributed by atoms with E-state index in [4.69, 9.17) is 9.97 Å². The Morgan fingerprint density at radius 3 is 1.57 bits per heavy atom. The van der Waals surface area contributed by atoms with Crippen molar-refractivity contribution in [1.29, 1.82) is 0 Å². The van der Waals surface area contributed by atoms with Crippen LogP contribution in [0.2, 0.25) is 0 Å². The zero-order valence-electron chi connectivity index (χ0n) is 34.3. The van der Waals surface area contributed by atoms with Gasteiger partial charge >= 0.3 is 0 Å². The maximum Gasteiger partial charge on any atom is 0.160 e. The van der Waals surface area contributed by atoms with Gasteiger partial charge in [-0.25, -0.2) is 9.97 Å². The summed E-state index contributed by atoms with van der Waals surface area (Å²) in [5.41, 5.74) is 19.1. The largest absolute Gasteiger partial charge is 0.310 e. The summed E-state index contributed by atoms with van der Waals surface area (Å²) in [6.07, 6.45) is 0. The number of nitrogens with zero attached hydrogens (tertiary/aromatic N) is 4. The standard InChI is InChI=1S/C56H44N4/c1-37-17-11-13-23-46(37)52-36-53(58-56(57-52)47-24-14-12-18-38(47)2)50-34-39(3)49(33-40(50)4)41-27-29-44(30-28-41)60-54-26-16-15-25-48(54)51-35-45(31-32-55(51)60)59(42-19-7-5-8-20-42)43-21-9-6-10-22-43/h5-36H,1-4H3. The number of benzene rings is 8. The Morgan fingerprint density at radius 2 is 0.900 bits per heavy atom. The minimum absolute atomic E-state index is 0.742. The minimum atomic E-state index is 0.742. The van der Waals surface area contributed by atoms with Crippen molar-refractivity contribution in [3.05, 3.63) is 216 Å². The normalized spacial score (nSPS) is 11.3. The van der Waals surface area contributed by atoms with Crippen LogP contribution in [0.15, 0.2) is 194 Å².